The van der Waals surface area contributed by atoms with Crippen LogP contribution in [0.1, 0.15) is 17.5 Å². The predicted molar refractivity (Wildman–Crippen MR) is 97.4 cm³/mol. The maximum atomic E-state index is 12.3. The van der Waals surface area contributed by atoms with Gasteiger partial charge in [-0.25, -0.2) is 8.42 Å². The fourth-order valence-corrected chi connectivity index (χ4v) is 3.77. The lowest BCUT2D eigenvalue weighted by Crippen LogP contribution is -2.29. The summed E-state index contributed by atoms with van der Waals surface area (Å²) in [5, 5.41) is 0. The first-order valence-corrected chi connectivity index (χ1v) is 10.2. The van der Waals surface area contributed by atoms with Crippen molar-refractivity contribution in [3.8, 4) is 5.75 Å². The number of ether oxygens (including phenoxy) is 1. The first-order chi connectivity index (χ1) is 12.6. The second-order valence-corrected chi connectivity index (χ2v) is 8.14. The minimum atomic E-state index is -4.71. The van der Waals surface area contributed by atoms with Crippen molar-refractivity contribution in [3.05, 3.63) is 53.6 Å². The predicted octanol–water partition coefficient (Wildman–Crippen LogP) is 3.91. The highest BCUT2D eigenvalue weighted by Gasteiger charge is 2.31. The summed E-state index contributed by atoms with van der Waals surface area (Å²) in [4.78, 5) is 2.09. The Hall–Kier alpha value is -2.42. The van der Waals surface area contributed by atoms with E-state index in [-0.39, 0.29) is 5.75 Å². The molecule has 2 aromatic carbocycles. The highest BCUT2D eigenvalue weighted by atomic mass is 32.2. The number of nitrogens with zero attached hydrogens (tertiary/aromatic N) is 1. The van der Waals surface area contributed by atoms with Crippen LogP contribution in [0.25, 0.3) is 0 Å². The van der Waals surface area contributed by atoms with E-state index in [2.05, 4.69) is 14.4 Å². The largest absolute Gasteiger partial charge is 0.573 e. The number of fused-ring (bicyclic) bond motifs is 1. The molecular formula is C18H19F3N2O3S. The molecule has 0 bridgehead atoms. The first kappa shape index (κ1) is 19.3. The number of anilines is 2. The lowest BCUT2D eigenvalue weighted by molar-refractivity contribution is -0.274. The molecule has 0 atom stereocenters. The van der Waals surface area contributed by atoms with Crippen LogP contribution in [-0.4, -0.2) is 27.6 Å². The van der Waals surface area contributed by atoms with Crippen LogP contribution in [-0.2, 0) is 23.0 Å². The van der Waals surface area contributed by atoms with Gasteiger partial charge in [0.2, 0.25) is 10.0 Å². The normalized spacial score (nSPS) is 14.6. The number of nitrogens with one attached hydrogen (secondary N) is 1. The average molecular weight is 400 g/mol. The smallest absolute Gasteiger partial charge is 0.406 e. The molecule has 0 saturated carbocycles. The highest BCUT2D eigenvalue weighted by molar-refractivity contribution is 7.92. The van der Waals surface area contributed by atoms with Gasteiger partial charge in [0.05, 0.1) is 11.9 Å². The van der Waals surface area contributed by atoms with Crippen LogP contribution >= 0.6 is 0 Å². The molecule has 0 aromatic heterocycles. The summed E-state index contributed by atoms with van der Waals surface area (Å²) >= 11 is 0. The molecule has 0 unspecified atom stereocenters. The summed E-state index contributed by atoms with van der Waals surface area (Å²) < 4.78 is 66.3. The molecule has 9 heteroatoms. The number of hydrogen-bond acceptors (Lipinski definition) is 4. The van der Waals surface area contributed by atoms with E-state index in [0.29, 0.717) is 12.2 Å². The van der Waals surface area contributed by atoms with Crippen molar-refractivity contribution in [2.45, 2.75) is 25.7 Å². The quantitative estimate of drug-likeness (QED) is 0.827. The van der Waals surface area contributed by atoms with Gasteiger partial charge in [-0.05, 0) is 48.2 Å². The number of rotatable bonds is 5. The summed E-state index contributed by atoms with van der Waals surface area (Å²) in [5.74, 6) is -0.259. The SMILES string of the molecule is CS(=O)(=O)Nc1cccc2c1CCCN2Cc1ccc(OC(F)(F)F)cc1. The van der Waals surface area contributed by atoms with Crippen molar-refractivity contribution in [1.29, 1.82) is 0 Å². The third kappa shape index (κ3) is 5.29. The maximum Gasteiger partial charge on any atom is 0.573 e. The topological polar surface area (TPSA) is 58.6 Å². The van der Waals surface area contributed by atoms with E-state index >= 15 is 0 Å². The molecule has 146 valence electrons. The molecule has 0 radical (unpaired) electrons. The summed E-state index contributed by atoms with van der Waals surface area (Å²) in [6, 6.07) is 11.2. The van der Waals surface area contributed by atoms with Crippen molar-refractivity contribution in [3.63, 3.8) is 0 Å². The Morgan fingerprint density at radius 2 is 1.85 bits per heavy atom. The van der Waals surface area contributed by atoms with Gasteiger partial charge in [-0.3, -0.25) is 4.72 Å². The van der Waals surface area contributed by atoms with Gasteiger partial charge in [-0.15, -0.1) is 13.2 Å². The van der Waals surface area contributed by atoms with Crippen LogP contribution in [0.5, 0.6) is 5.75 Å². The van der Waals surface area contributed by atoms with E-state index in [1.165, 1.54) is 12.1 Å². The zero-order valence-electron chi connectivity index (χ0n) is 14.6. The van der Waals surface area contributed by atoms with Gasteiger partial charge in [0.15, 0.2) is 0 Å². The van der Waals surface area contributed by atoms with Crippen molar-refractivity contribution in [2.24, 2.45) is 0 Å². The van der Waals surface area contributed by atoms with E-state index in [0.717, 1.165) is 42.5 Å². The van der Waals surface area contributed by atoms with Crippen LogP contribution in [0.2, 0.25) is 0 Å². The highest BCUT2D eigenvalue weighted by Crippen LogP contribution is 2.34. The maximum absolute atomic E-state index is 12.3. The van der Waals surface area contributed by atoms with Gasteiger partial charge in [0.25, 0.3) is 0 Å². The van der Waals surface area contributed by atoms with Gasteiger partial charge in [-0.2, -0.15) is 0 Å². The van der Waals surface area contributed by atoms with Crippen LogP contribution in [0.15, 0.2) is 42.5 Å². The monoisotopic (exact) mass is 400 g/mol. The van der Waals surface area contributed by atoms with Gasteiger partial charge in [0, 0.05) is 18.8 Å². The van der Waals surface area contributed by atoms with Gasteiger partial charge >= 0.3 is 6.36 Å². The Labute approximate surface area is 155 Å². The minimum absolute atomic E-state index is 0.259. The molecule has 0 saturated heterocycles. The lowest BCUT2D eigenvalue weighted by atomic mass is 9.99. The number of halogens is 3. The zero-order chi connectivity index (χ0) is 19.7. The molecule has 5 nitrogen and oxygen atoms in total. The van der Waals surface area contributed by atoms with Crippen LogP contribution in [0.4, 0.5) is 24.5 Å². The summed E-state index contributed by atoms with van der Waals surface area (Å²) in [6.07, 6.45) is -2.00. The molecule has 3 rings (SSSR count). The van der Waals surface area contributed by atoms with E-state index in [9.17, 15) is 21.6 Å². The fourth-order valence-electron chi connectivity index (χ4n) is 3.18. The molecule has 27 heavy (non-hydrogen) atoms. The summed E-state index contributed by atoms with van der Waals surface area (Å²) in [7, 11) is -3.38. The molecule has 0 amide bonds. The Morgan fingerprint density at radius 1 is 1.15 bits per heavy atom. The lowest BCUT2D eigenvalue weighted by Gasteiger charge is -2.32. The van der Waals surface area contributed by atoms with Crippen LogP contribution < -0.4 is 14.4 Å². The number of hydrogen-bond donors (Lipinski definition) is 1. The van der Waals surface area contributed by atoms with Crippen LogP contribution in [0.3, 0.4) is 0 Å². The van der Waals surface area contributed by atoms with Crippen molar-refractivity contribution >= 4 is 21.4 Å². The summed E-state index contributed by atoms with van der Waals surface area (Å²) in [5.41, 5.74) is 3.24. The van der Waals surface area contributed by atoms with E-state index < -0.39 is 16.4 Å². The van der Waals surface area contributed by atoms with Crippen molar-refractivity contribution in [1.82, 2.24) is 0 Å². The third-order valence-corrected chi connectivity index (χ3v) is 4.76. The van der Waals surface area contributed by atoms with Crippen molar-refractivity contribution < 1.29 is 26.3 Å². The molecule has 2 aromatic rings. The third-order valence-electron chi connectivity index (χ3n) is 4.17. The molecule has 0 fully saturated rings. The Morgan fingerprint density at radius 3 is 2.48 bits per heavy atom. The molecule has 1 N–H and O–H groups in total. The number of benzene rings is 2. The number of sulfonamides is 1. The second-order valence-electron chi connectivity index (χ2n) is 6.39. The fraction of sp³-hybridized carbons (Fsp3) is 0.333. The van der Waals surface area contributed by atoms with Crippen molar-refractivity contribution in [2.75, 3.05) is 22.4 Å². The minimum Gasteiger partial charge on any atom is -0.406 e. The van der Waals surface area contributed by atoms with Gasteiger partial charge in [-0.1, -0.05) is 18.2 Å². The first-order valence-electron chi connectivity index (χ1n) is 8.30. The Bertz CT molecular complexity index is 912. The van der Waals surface area contributed by atoms with E-state index in [1.807, 2.05) is 6.07 Å². The van der Waals surface area contributed by atoms with Gasteiger partial charge in [0.1, 0.15) is 5.75 Å². The standard InChI is InChI=1S/C18H19F3N2O3S/c1-27(24,25)22-16-5-2-6-17-15(16)4-3-11-23(17)12-13-7-9-14(10-8-13)26-18(19,20)21/h2,5-10,22H,3-4,11-12H2,1H3. The Balaban J connectivity index is 1.79. The van der Waals surface area contributed by atoms with Crippen LogP contribution in [0, 0.1) is 0 Å². The Kier molecular flexibility index (Phi) is 5.23. The van der Waals surface area contributed by atoms with Gasteiger partial charge < -0.3 is 9.64 Å². The average Bonchev–Trinajstić information content (AvgIpc) is 2.55. The van der Waals surface area contributed by atoms with E-state index in [1.54, 1.807) is 24.3 Å². The zero-order valence-corrected chi connectivity index (χ0v) is 15.4. The molecule has 0 spiro atoms. The molecule has 0 aliphatic carbocycles. The molecule has 1 aliphatic rings. The molecule has 1 heterocycles. The molecular weight excluding hydrogens is 381 g/mol. The molecule has 1 aliphatic heterocycles. The summed E-state index contributed by atoms with van der Waals surface area (Å²) in [6.45, 7) is 1.28. The van der Waals surface area contributed by atoms with E-state index in [4.69, 9.17) is 0 Å². The second kappa shape index (κ2) is 7.30. The number of alkyl halides is 3.